The third-order valence-corrected chi connectivity index (χ3v) is 4.57. The van der Waals surface area contributed by atoms with E-state index in [1.165, 1.54) is 4.88 Å². The van der Waals surface area contributed by atoms with Crippen LogP contribution in [0.4, 0.5) is 0 Å². The summed E-state index contributed by atoms with van der Waals surface area (Å²) in [5.41, 5.74) is 2.11. The smallest absolute Gasteiger partial charge is 0.225 e. The first-order chi connectivity index (χ1) is 10.2. The number of hydrogen-bond acceptors (Lipinski definition) is 4. The van der Waals surface area contributed by atoms with Crippen molar-refractivity contribution in [3.63, 3.8) is 0 Å². The van der Waals surface area contributed by atoms with Crippen LogP contribution in [0, 0.1) is 12.8 Å². The van der Waals surface area contributed by atoms with Gasteiger partial charge in [0.05, 0.1) is 23.9 Å². The van der Waals surface area contributed by atoms with E-state index in [0.29, 0.717) is 26.3 Å². The molecule has 0 unspecified atom stereocenters. The van der Waals surface area contributed by atoms with E-state index >= 15 is 0 Å². The van der Waals surface area contributed by atoms with Crippen LogP contribution >= 0.6 is 11.3 Å². The van der Waals surface area contributed by atoms with Crippen molar-refractivity contribution in [1.82, 2.24) is 15.1 Å². The van der Waals surface area contributed by atoms with Gasteiger partial charge in [-0.3, -0.25) is 9.48 Å². The second-order valence-corrected chi connectivity index (χ2v) is 6.17. The number of aryl methyl sites for hydroxylation is 1. The quantitative estimate of drug-likeness (QED) is 0.920. The molecule has 21 heavy (non-hydrogen) atoms. The molecule has 0 aliphatic carbocycles. The molecular weight excluding hydrogens is 286 g/mol. The molecule has 3 rings (SSSR count). The largest absolute Gasteiger partial charge is 0.381 e. The Bertz CT molecular complexity index is 600. The molecule has 0 aromatic carbocycles. The number of ether oxygens (including phenoxy) is 1. The standard InChI is InChI=1S/C15H19N3O2S/c1-11-9-13(14-3-2-8-21-14)17-18(11)6-5-16-15(19)12-4-7-20-10-12/h2-3,8-9,12H,4-7,10H2,1H3,(H,16,19)/t12-/m0/s1. The van der Waals surface area contributed by atoms with Crippen LogP contribution in [0.25, 0.3) is 10.6 Å². The zero-order valence-corrected chi connectivity index (χ0v) is 12.9. The lowest BCUT2D eigenvalue weighted by atomic mass is 10.1. The number of hydrogen-bond donors (Lipinski definition) is 1. The number of rotatable bonds is 5. The average molecular weight is 305 g/mol. The first-order valence-electron chi connectivity index (χ1n) is 7.18. The minimum atomic E-state index is 0.0189. The van der Waals surface area contributed by atoms with Gasteiger partial charge in [-0.15, -0.1) is 11.3 Å². The Balaban J connectivity index is 1.54. The van der Waals surface area contributed by atoms with Crippen molar-refractivity contribution in [3.8, 4) is 10.6 Å². The monoisotopic (exact) mass is 305 g/mol. The molecule has 5 nitrogen and oxygen atoms in total. The zero-order chi connectivity index (χ0) is 14.7. The number of nitrogens with zero attached hydrogens (tertiary/aromatic N) is 2. The van der Waals surface area contributed by atoms with E-state index in [1.54, 1.807) is 11.3 Å². The summed E-state index contributed by atoms with van der Waals surface area (Å²) >= 11 is 1.68. The van der Waals surface area contributed by atoms with Crippen LogP contribution in [0.1, 0.15) is 12.1 Å². The van der Waals surface area contributed by atoms with Gasteiger partial charge in [0.15, 0.2) is 0 Å². The lowest BCUT2D eigenvalue weighted by Gasteiger charge is -2.10. The number of carbonyl (C=O) groups excluding carboxylic acids is 1. The molecule has 3 heterocycles. The van der Waals surface area contributed by atoms with Crippen LogP contribution in [0.3, 0.4) is 0 Å². The minimum absolute atomic E-state index is 0.0189. The van der Waals surface area contributed by atoms with E-state index in [2.05, 4.69) is 22.5 Å². The Hall–Kier alpha value is -1.66. The number of carbonyl (C=O) groups is 1. The predicted octanol–water partition coefficient (Wildman–Crippen LogP) is 2.07. The van der Waals surface area contributed by atoms with Crippen molar-refractivity contribution in [2.75, 3.05) is 19.8 Å². The molecule has 6 heteroatoms. The van der Waals surface area contributed by atoms with Crippen molar-refractivity contribution in [3.05, 3.63) is 29.3 Å². The second-order valence-electron chi connectivity index (χ2n) is 5.22. The van der Waals surface area contributed by atoms with Gasteiger partial charge in [0.1, 0.15) is 5.69 Å². The van der Waals surface area contributed by atoms with Crippen LogP contribution < -0.4 is 5.32 Å². The van der Waals surface area contributed by atoms with Gasteiger partial charge >= 0.3 is 0 Å². The minimum Gasteiger partial charge on any atom is -0.381 e. The SMILES string of the molecule is Cc1cc(-c2cccs2)nn1CCNC(=O)[C@H]1CCOC1. The molecular formula is C15H19N3O2S. The van der Waals surface area contributed by atoms with E-state index in [-0.39, 0.29) is 11.8 Å². The molecule has 1 aliphatic rings. The highest BCUT2D eigenvalue weighted by molar-refractivity contribution is 7.13. The van der Waals surface area contributed by atoms with Gasteiger partial charge < -0.3 is 10.1 Å². The summed E-state index contributed by atoms with van der Waals surface area (Å²) in [6.07, 6.45) is 0.829. The normalized spacial score (nSPS) is 18.0. The fourth-order valence-electron chi connectivity index (χ4n) is 2.45. The van der Waals surface area contributed by atoms with Crippen molar-refractivity contribution in [2.24, 2.45) is 5.92 Å². The third-order valence-electron chi connectivity index (χ3n) is 3.68. The maximum atomic E-state index is 11.9. The van der Waals surface area contributed by atoms with Crippen molar-refractivity contribution < 1.29 is 9.53 Å². The van der Waals surface area contributed by atoms with Crippen molar-refractivity contribution in [2.45, 2.75) is 19.9 Å². The van der Waals surface area contributed by atoms with Crippen molar-refractivity contribution >= 4 is 17.2 Å². The fourth-order valence-corrected chi connectivity index (χ4v) is 3.13. The van der Waals surface area contributed by atoms with Gasteiger partial charge in [-0.05, 0) is 30.9 Å². The highest BCUT2D eigenvalue weighted by atomic mass is 32.1. The molecule has 0 radical (unpaired) electrons. The lowest BCUT2D eigenvalue weighted by Crippen LogP contribution is -2.33. The Labute approximate surface area is 127 Å². The summed E-state index contributed by atoms with van der Waals surface area (Å²) < 4.78 is 7.17. The van der Waals surface area contributed by atoms with E-state index in [0.717, 1.165) is 17.8 Å². The van der Waals surface area contributed by atoms with E-state index < -0.39 is 0 Å². The number of nitrogens with one attached hydrogen (secondary N) is 1. The highest BCUT2D eigenvalue weighted by Gasteiger charge is 2.22. The topological polar surface area (TPSA) is 56.2 Å². The average Bonchev–Trinajstić information content (AvgIpc) is 3.20. The van der Waals surface area contributed by atoms with E-state index in [9.17, 15) is 4.79 Å². The summed E-state index contributed by atoms with van der Waals surface area (Å²) in [6, 6.07) is 6.18. The molecule has 1 amide bonds. The number of thiophene rings is 1. The molecule has 0 saturated carbocycles. The van der Waals surface area contributed by atoms with Gasteiger partial charge in [-0.25, -0.2) is 0 Å². The Kier molecular flexibility index (Phi) is 4.36. The second kappa shape index (κ2) is 6.41. The maximum Gasteiger partial charge on any atom is 0.225 e. The van der Waals surface area contributed by atoms with Crippen molar-refractivity contribution in [1.29, 1.82) is 0 Å². The fraction of sp³-hybridized carbons (Fsp3) is 0.467. The first-order valence-corrected chi connectivity index (χ1v) is 8.06. The van der Waals surface area contributed by atoms with Crippen LogP contribution in [0.15, 0.2) is 23.6 Å². The molecule has 1 saturated heterocycles. The molecule has 0 spiro atoms. The summed E-state index contributed by atoms with van der Waals surface area (Å²) in [7, 11) is 0. The Morgan fingerprint density at radius 3 is 3.24 bits per heavy atom. The van der Waals surface area contributed by atoms with Gasteiger partial charge in [-0.1, -0.05) is 6.07 Å². The molecule has 112 valence electrons. The number of aromatic nitrogens is 2. The Morgan fingerprint density at radius 1 is 1.62 bits per heavy atom. The molecule has 1 atom stereocenters. The zero-order valence-electron chi connectivity index (χ0n) is 12.0. The van der Waals surface area contributed by atoms with Crippen LogP contribution in [-0.2, 0) is 16.1 Å². The van der Waals surface area contributed by atoms with Crippen LogP contribution in [0.2, 0.25) is 0 Å². The van der Waals surface area contributed by atoms with Crippen LogP contribution in [0.5, 0.6) is 0 Å². The predicted molar refractivity (Wildman–Crippen MR) is 82.2 cm³/mol. The summed E-state index contributed by atoms with van der Waals surface area (Å²) in [4.78, 5) is 13.1. The molecule has 0 bridgehead atoms. The van der Waals surface area contributed by atoms with Gasteiger partial charge in [0.2, 0.25) is 5.91 Å². The van der Waals surface area contributed by atoms with Gasteiger partial charge in [-0.2, -0.15) is 5.10 Å². The first kappa shape index (κ1) is 14.3. The highest BCUT2D eigenvalue weighted by Crippen LogP contribution is 2.23. The third kappa shape index (κ3) is 3.33. The molecule has 1 N–H and O–H groups in total. The Morgan fingerprint density at radius 2 is 2.52 bits per heavy atom. The lowest BCUT2D eigenvalue weighted by molar-refractivity contribution is -0.124. The number of amides is 1. The summed E-state index contributed by atoms with van der Waals surface area (Å²) in [5.74, 6) is 0.112. The van der Waals surface area contributed by atoms with Gasteiger partial charge in [0.25, 0.3) is 0 Å². The summed E-state index contributed by atoms with van der Waals surface area (Å²) in [5, 5.41) is 9.61. The van der Waals surface area contributed by atoms with E-state index in [1.807, 2.05) is 23.1 Å². The molecule has 2 aromatic rings. The van der Waals surface area contributed by atoms with Crippen LogP contribution in [-0.4, -0.2) is 35.4 Å². The maximum absolute atomic E-state index is 11.9. The van der Waals surface area contributed by atoms with Gasteiger partial charge in [0, 0.05) is 18.8 Å². The molecule has 1 aliphatic heterocycles. The molecule has 2 aromatic heterocycles. The van der Waals surface area contributed by atoms with E-state index in [4.69, 9.17) is 4.74 Å². The molecule has 1 fully saturated rings. The summed E-state index contributed by atoms with van der Waals surface area (Å²) in [6.45, 7) is 4.57.